The predicted molar refractivity (Wildman–Crippen MR) is 341 cm³/mol. The molecule has 4 aliphatic rings. The van der Waals surface area contributed by atoms with E-state index in [1.807, 2.05) is 26.0 Å². The molecule has 4 aromatic heterocycles. The lowest BCUT2D eigenvalue weighted by atomic mass is 9.46. The lowest BCUT2D eigenvalue weighted by Gasteiger charge is -2.58. The topological polar surface area (TPSA) is 262 Å². The maximum absolute atomic E-state index is 13.4. The fourth-order valence-electron chi connectivity index (χ4n) is 15.4. The van der Waals surface area contributed by atoms with Crippen molar-refractivity contribution in [1.82, 2.24) is 35.9 Å². The second-order valence-corrected chi connectivity index (χ2v) is 26.5. The molecule has 0 radical (unpaired) electrons. The number of carbonyl (C=O) groups is 6. The van der Waals surface area contributed by atoms with Crippen LogP contribution in [0.5, 0.6) is 11.8 Å². The Labute approximate surface area is 510 Å². The number of allylic oxidation sites excluding steroid dienone is 1. The molecule has 3 fully saturated rings. The third-order valence-electron chi connectivity index (χ3n) is 20.2. The number of Topliss-reactive ketones (excluding diaryl/α,β-unsaturated/α-hetero) is 2. The number of H-pyrrole nitrogens is 4. The predicted octanol–water partition coefficient (Wildman–Crippen LogP) is 8.81. The van der Waals surface area contributed by atoms with Crippen LogP contribution in [0.15, 0.2) is 23.6 Å². The van der Waals surface area contributed by atoms with E-state index in [1.54, 1.807) is 25.6 Å². The van der Waals surface area contributed by atoms with Crippen molar-refractivity contribution >= 4 is 77.6 Å². The average molecular weight is 1200 g/mol. The van der Waals surface area contributed by atoms with Crippen LogP contribution in [0.4, 0.5) is 0 Å². The minimum atomic E-state index is -0.918. The Bertz CT molecular complexity index is 3540. The van der Waals surface area contributed by atoms with Crippen LogP contribution in [0.25, 0.3) is 30.5 Å². The standard InChI is InChI=1S/C69H93N7O9S/c1-10-45-43(6)66(84)76-57(45)38-55-41(4)47(58(74-55)39-59-48(22-27-64(82)83)42(5)54(73-59)37-56-40(3)46(11-2)67(85)75-56)21-26-62(80)71-34-17-13-12-16-33-70-61(79)19-15-14-18-35-72-63(81)30-36-86-65-53-23-20-49-51-25-24-50(44(7)77)68(51,8)31-28-52(49)69(53,9)32-29-60(65)78/h11,37-38,49-52,73-76,84-85H,1-3,12-36,39H2,4-9H3,(H,70,79)(H,71,80)(H,72,81)(H,82,83)/t49?,50-,51?,52?,68-,69-/m1/s1. The summed E-state index contributed by atoms with van der Waals surface area (Å²) in [4.78, 5) is 90.7. The minimum absolute atomic E-state index is 0.00674. The molecule has 464 valence electrons. The molecule has 0 spiro atoms. The summed E-state index contributed by atoms with van der Waals surface area (Å²) >= 11 is 1.59. The molecule has 86 heavy (non-hydrogen) atoms. The summed E-state index contributed by atoms with van der Waals surface area (Å²) in [5.74, 6) is 2.13. The first kappa shape index (κ1) is 65.0. The number of carboxylic acid groups (broad SMARTS) is 1. The van der Waals surface area contributed by atoms with Crippen LogP contribution in [0, 0.1) is 55.3 Å². The SMILES string of the molecule is C=C=c1c(C)c(O)[nH]c1=Cc1[nH]c(Cc2[nH]c(C=c3[nH]c(O)c(C=C)c3=C)c(C)c2CCC(=O)O)c(CCC(=O)NCCCCCCNC(=O)CCCCCNC(=O)CCSC2=C3CCC4C(CC[C@@]5(C)C4CC[C@@H]5C(C)=O)[C@@]3(C)CCC2=O)c1C. The van der Waals surface area contributed by atoms with Crippen LogP contribution in [0.3, 0.4) is 0 Å². The number of amides is 3. The highest BCUT2D eigenvalue weighted by molar-refractivity contribution is 8.04. The number of carbonyl (C=O) groups excluding carboxylic acids is 5. The lowest BCUT2D eigenvalue weighted by molar-refractivity contribution is -0.137. The van der Waals surface area contributed by atoms with Gasteiger partial charge in [-0.2, -0.15) is 0 Å². The number of thioether (sulfide) groups is 1. The van der Waals surface area contributed by atoms with Gasteiger partial charge >= 0.3 is 5.97 Å². The average Bonchev–Trinajstić information content (AvgIpc) is 1.22. The summed E-state index contributed by atoms with van der Waals surface area (Å²) in [7, 11) is 0. The molecule has 10 N–H and O–H groups in total. The number of carboxylic acids is 1. The van der Waals surface area contributed by atoms with E-state index >= 15 is 0 Å². The number of aromatic amines is 4. The van der Waals surface area contributed by atoms with E-state index in [9.17, 15) is 44.1 Å². The van der Waals surface area contributed by atoms with Gasteiger partial charge in [0.25, 0.3) is 0 Å². The highest BCUT2D eigenvalue weighted by atomic mass is 32.2. The molecule has 8 rings (SSSR count). The number of ketones is 2. The van der Waals surface area contributed by atoms with Crippen molar-refractivity contribution in [2.45, 2.75) is 183 Å². The van der Waals surface area contributed by atoms with Crippen molar-refractivity contribution in [1.29, 1.82) is 0 Å². The number of hydrogen-bond donors (Lipinski definition) is 10. The van der Waals surface area contributed by atoms with Gasteiger partial charge in [0.2, 0.25) is 17.7 Å². The molecular weight excluding hydrogens is 1100 g/mol. The molecule has 0 aliphatic heterocycles. The summed E-state index contributed by atoms with van der Waals surface area (Å²) in [6, 6.07) is 0. The van der Waals surface area contributed by atoms with Crippen LogP contribution in [-0.2, 0) is 48.0 Å². The van der Waals surface area contributed by atoms with Crippen LogP contribution in [-0.4, -0.2) is 95.9 Å². The Kier molecular flexibility index (Phi) is 21.7. The molecule has 3 amide bonds. The molecule has 0 saturated heterocycles. The molecule has 4 heterocycles. The van der Waals surface area contributed by atoms with E-state index < -0.39 is 5.97 Å². The number of aromatic nitrogens is 4. The van der Waals surface area contributed by atoms with Crippen molar-refractivity contribution in [3.05, 3.63) is 101 Å². The molecule has 4 aromatic rings. The van der Waals surface area contributed by atoms with Crippen molar-refractivity contribution in [2.75, 3.05) is 25.4 Å². The van der Waals surface area contributed by atoms with Gasteiger partial charge < -0.3 is 51.2 Å². The molecule has 17 heteroatoms. The van der Waals surface area contributed by atoms with Gasteiger partial charge in [0.15, 0.2) is 17.5 Å². The monoisotopic (exact) mass is 1200 g/mol. The Morgan fingerprint density at radius 3 is 1.87 bits per heavy atom. The summed E-state index contributed by atoms with van der Waals surface area (Å²) < 4.78 is 0. The van der Waals surface area contributed by atoms with Crippen molar-refractivity contribution in [3.8, 4) is 11.8 Å². The van der Waals surface area contributed by atoms with Crippen molar-refractivity contribution < 1.29 is 44.1 Å². The second-order valence-electron chi connectivity index (χ2n) is 25.4. The summed E-state index contributed by atoms with van der Waals surface area (Å²) in [5.41, 5.74) is 12.3. The fourth-order valence-corrected chi connectivity index (χ4v) is 16.6. The van der Waals surface area contributed by atoms with E-state index in [0.29, 0.717) is 113 Å². The first-order chi connectivity index (χ1) is 41.1. The van der Waals surface area contributed by atoms with Gasteiger partial charge in [-0.05, 0) is 180 Å². The van der Waals surface area contributed by atoms with Gasteiger partial charge in [-0.25, -0.2) is 0 Å². The number of unbranched alkanes of at least 4 members (excludes halogenated alkanes) is 5. The number of aromatic hydroxyl groups is 2. The summed E-state index contributed by atoms with van der Waals surface area (Å²) in [6.45, 7) is 25.7. The fraction of sp³-hybridized carbons (Fsp3) is 0.551. The number of hydrogen-bond acceptors (Lipinski definition) is 9. The van der Waals surface area contributed by atoms with Crippen molar-refractivity contribution in [3.63, 3.8) is 0 Å². The zero-order chi connectivity index (χ0) is 62.0. The van der Waals surface area contributed by atoms with Crippen LogP contribution in [0.2, 0.25) is 0 Å². The van der Waals surface area contributed by atoms with Crippen molar-refractivity contribution in [2.24, 2.45) is 34.5 Å². The van der Waals surface area contributed by atoms with E-state index in [4.69, 9.17) is 0 Å². The van der Waals surface area contributed by atoms with E-state index in [-0.39, 0.29) is 71.3 Å². The Morgan fingerprint density at radius 2 is 1.28 bits per heavy atom. The molecule has 3 saturated carbocycles. The zero-order valence-corrected chi connectivity index (χ0v) is 52.6. The smallest absolute Gasteiger partial charge is 0.303 e. The van der Waals surface area contributed by atoms with Gasteiger partial charge in [-0.15, -0.1) is 17.5 Å². The second kappa shape index (κ2) is 28.7. The van der Waals surface area contributed by atoms with E-state index in [0.717, 1.165) is 140 Å². The molecule has 0 bridgehead atoms. The zero-order valence-electron chi connectivity index (χ0n) is 51.7. The first-order valence-electron chi connectivity index (χ1n) is 31.5. The number of rotatable bonds is 29. The Hall–Kier alpha value is -6.97. The highest BCUT2D eigenvalue weighted by Crippen LogP contribution is 2.67. The molecule has 0 aromatic carbocycles. The van der Waals surface area contributed by atoms with E-state index in [1.165, 1.54) is 11.6 Å². The highest BCUT2D eigenvalue weighted by Gasteiger charge is 2.60. The maximum Gasteiger partial charge on any atom is 0.303 e. The quantitative estimate of drug-likeness (QED) is 0.0231. The number of aliphatic carboxylic acids is 1. The number of nitrogens with one attached hydrogen (secondary N) is 7. The molecule has 16 nitrogen and oxygen atoms in total. The molecule has 6 atom stereocenters. The summed E-state index contributed by atoms with van der Waals surface area (Å²) in [6.07, 6.45) is 21.1. The van der Waals surface area contributed by atoms with Gasteiger partial charge in [-0.1, -0.05) is 58.9 Å². The molecule has 3 unspecified atom stereocenters. The molecule has 4 aliphatic carbocycles. The summed E-state index contributed by atoms with van der Waals surface area (Å²) in [5, 5.41) is 42.3. The number of fused-ring (bicyclic) bond motifs is 5. The van der Waals surface area contributed by atoms with Gasteiger partial charge in [-0.3, -0.25) is 28.8 Å². The Balaban J connectivity index is 0.730. The maximum atomic E-state index is 13.4. The third kappa shape index (κ3) is 14.5. The third-order valence-corrected chi connectivity index (χ3v) is 21.4. The normalized spacial score (nSPS) is 22.1. The van der Waals surface area contributed by atoms with Crippen LogP contribution < -0.4 is 37.1 Å². The minimum Gasteiger partial charge on any atom is -0.494 e. The van der Waals surface area contributed by atoms with E-state index in [2.05, 4.69) is 75.2 Å². The largest absolute Gasteiger partial charge is 0.494 e. The Morgan fingerprint density at radius 1 is 0.698 bits per heavy atom. The first-order valence-corrected chi connectivity index (χ1v) is 32.4. The molecular formula is C69H93N7O9S. The lowest BCUT2D eigenvalue weighted by Crippen LogP contribution is -2.51. The van der Waals surface area contributed by atoms with Gasteiger partial charge in [0.05, 0.1) is 15.6 Å². The van der Waals surface area contributed by atoms with Crippen LogP contribution in [0.1, 0.15) is 199 Å². The van der Waals surface area contributed by atoms with Gasteiger partial charge in [0.1, 0.15) is 5.78 Å². The van der Waals surface area contributed by atoms with Crippen LogP contribution >= 0.6 is 11.8 Å². The van der Waals surface area contributed by atoms with Gasteiger partial charge in [0, 0.05) is 114 Å².